The lowest BCUT2D eigenvalue weighted by molar-refractivity contribution is 0.166. The summed E-state index contributed by atoms with van der Waals surface area (Å²) in [6, 6.07) is 7.40. The zero-order valence-corrected chi connectivity index (χ0v) is 11.3. The highest BCUT2D eigenvalue weighted by Crippen LogP contribution is 2.19. The van der Waals surface area contributed by atoms with E-state index in [0.717, 1.165) is 37.2 Å². The molecule has 0 saturated carbocycles. The summed E-state index contributed by atoms with van der Waals surface area (Å²) >= 11 is 0. The van der Waals surface area contributed by atoms with Crippen molar-refractivity contribution >= 4 is 11.7 Å². The standard InChI is InChI=1S/C14H21N3O2/c1-19-13-7-5-11(6-8-13)16-14(18)17-9-3-2-4-12(17)10-15/h5-8,12H,2-4,9-10,15H2,1H3,(H,16,18). The number of urea groups is 1. The van der Waals surface area contributed by atoms with Crippen molar-refractivity contribution in [2.24, 2.45) is 5.73 Å². The molecular formula is C14H21N3O2. The van der Waals surface area contributed by atoms with Gasteiger partial charge in [0.1, 0.15) is 5.75 Å². The minimum atomic E-state index is -0.0692. The number of piperidine rings is 1. The summed E-state index contributed by atoms with van der Waals surface area (Å²) in [7, 11) is 1.62. The van der Waals surface area contributed by atoms with Gasteiger partial charge in [0.25, 0.3) is 0 Å². The molecule has 0 aliphatic carbocycles. The lowest BCUT2D eigenvalue weighted by Crippen LogP contribution is -2.49. The molecule has 0 aromatic heterocycles. The molecule has 1 aliphatic rings. The number of nitrogens with one attached hydrogen (secondary N) is 1. The van der Waals surface area contributed by atoms with Crippen LogP contribution in [0.5, 0.6) is 5.75 Å². The van der Waals surface area contributed by atoms with Crippen LogP contribution in [-0.4, -0.2) is 37.2 Å². The third-order valence-corrected chi connectivity index (χ3v) is 3.50. The van der Waals surface area contributed by atoms with Crippen molar-refractivity contribution in [1.29, 1.82) is 0 Å². The highest BCUT2D eigenvalue weighted by atomic mass is 16.5. The van der Waals surface area contributed by atoms with Gasteiger partial charge < -0.3 is 20.7 Å². The van der Waals surface area contributed by atoms with Crippen LogP contribution >= 0.6 is 0 Å². The van der Waals surface area contributed by atoms with E-state index in [1.165, 1.54) is 0 Å². The van der Waals surface area contributed by atoms with E-state index in [2.05, 4.69) is 5.32 Å². The molecule has 0 bridgehead atoms. The molecule has 2 rings (SSSR count). The number of carbonyl (C=O) groups is 1. The Labute approximate surface area is 113 Å². The Morgan fingerprint density at radius 1 is 1.42 bits per heavy atom. The Hall–Kier alpha value is -1.75. The Kier molecular flexibility index (Phi) is 4.63. The van der Waals surface area contributed by atoms with Crippen LogP contribution in [0.3, 0.4) is 0 Å². The van der Waals surface area contributed by atoms with Crippen LogP contribution in [0.25, 0.3) is 0 Å². The van der Waals surface area contributed by atoms with E-state index in [-0.39, 0.29) is 12.1 Å². The molecule has 3 N–H and O–H groups in total. The molecule has 1 fully saturated rings. The van der Waals surface area contributed by atoms with E-state index in [9.17, 15) is 4.79 Å². The topological polar surface area (TPSA) is 67.6 Å². The first kappa shape index (κ1) is 13.7. The maximum atomic E-state index is 12.2. The van der Waals surface area contributed by atoms with Gasteiger partial charge in [-0.2, -0.15) is 0 Å². The number of amides is 2. The summed E-state index contributed by atoms with van der Waals surface area (Å²) < 4.78 is 5.09. The predicted octanol–water partition coefficient (Wildman–Crippen LogP) is 2.04. The Bertz CT molecular complexity index is 419. The number of carbonyl (C=O) groups excluding carboxylic acids is 1. The fourth-order valence-electron chi connectivity index (χ4n) is 2.38. The van der Waals surface area contributed by atoms with E-state index >= 15 is 0 Å². The van der Waals surface area contributed by atoms with Gasteiger partial charge in [-0.15, -0.1) is 0 Å². The highest BCUT2D eigenvalue weighted by Gasteiger charge is 2.25. The molecule has 1 aliphatic heterocycles. The van der Waals surface area contributed by atoms with E-state index in [4.69, 9.17) is 10.5 Å². The van der Waals surface area contributed by atoms with E-state index < -0.39 is 0 Å². The largest absolute Gasteiger partial charge is 0.497 e. The number of nitrogens with two attached hydrogens (primary N) is 1. The zero-order valence-electron chi connectivity index (χ0n) is 11.3. The molecule has 2 amide bonds. The first-order valence-corrected chi connectivity index (χ1v) is 6.66. The summed E-state index contributed by atoms with van der Waals surface area (Å²) in [4.78, 5) is 14.1. The first-order chi connectivity index (χ1) is 9.24. The van der Waals surface area contributed by atoms with Gasteiger partial charge in [0, 0.05) is 24.8 Å². The van der Waals surface area contributed by atoms with Crippen molar-refractivity contribution in [2.45, 2.75) is 25.3 Å². The molecule has 1 heterocycles. The Morgan fingerprint density at radius 3 is 2.79 bits per heavy atom. The number of benzene rings is 1. The van der Waals surface area contributed by atoms with Crippen LogP contribution in [-0.2, 0) is 0 Å². The molecule has 1 aromatic carbocycles. The molecule has 1 aromatic rings. The summed E-state index contributed by atoms with van der Waals surface area (Å²) in [6.07, 6.45) is 3.19. The van der Waals surface area contributed by atoms with Crippen molar-refractivity contribution in [3.63, 3.8) is 0 Å². The van der Waals surface area contributed by atoms with Crippen LogP contribution in [0, 0.1) is 0 Å². The summed E-state index contributed by atoms with van der Waals surface area (Å²) in [5, 5.41) is 2.90. The Balaban J connectivity index is 1.98. The van der Waals surface area contributed by atoms with Gasteiger partial charge in [0.15, 0.2) is 0 Å². The second-order valence-corrected chi connectivity index (χ2v) is 4.74. The van der Waals surface area contributed by atoms with Crippen LogP contribution in [0.4, 0.5) is 10.5 Å². The van der Waals surface area contributed by atoms with Gasteiger partial charge in [-0.1, -0.05) is 0 Å². The van der Waals surface area contributed by atoms with Crippen molar-refractivity contribution in [2.75, 3.05) is 25.5 Å². The number of hydrogen-bond donors (Lipinski definition) is 2. The molecule has 1 saturated heterocycles. The summed E-state index contributed by atoms with van der Waals surface area (Å²) in [5.74, 6) is 0.774. The normalized spacial score (nSPS) is 19.1. The van der Waals surface area contributed by atoms with Gasteiger partial charge in [-0.25, -0.2) is 4.79 Å². The van der Waals surface area contributed by atoms with Gasteiger partial charge in [0.2, 0.25) is 0 Å². The smallest absolute Gasteiger partial charge is 0.322 e. The van der Waals surface area contributed by atoms with Gasteiger partial charge >= 0.3 is 6.03 Å². The number of rotatable bonds is 3. The monoisotopic (exact) mass is 263 g/mol. The van der Waals surface area contributed by atoms with E-state index in [1.54, 1.807) is 7.11 Å². The van der Waals surface area contributed by atoms with Gasteiger partial charge in [-0.05, 0) is 43.5 Å². The average Bonchev–Trinajstić information content (AvgIpc) is 2.48. The minimum absolute atomic E-state index is 0.0692. The quantitative estimate of drug-likeness (QED) is 0.877. The van der Waals surface area contributed by atoms with Crippen LogP contribution in [0.15, 0.2) is 24.3 Å². The molecular weight excluding hydrogens is 242 g/mol. The molecule has 0 spiro atoms. The maximum Gasteiger partial charge on any atom is 0.322 e. The number of likely N-dealkylation sites (tertiary alicyclic amines) is 1. The van der Waals surface area contributed by atoms with Crippen molar-refractivity contribution in [1.82, 2.24) is 4.90 Å². The molecule has 5 heteroatoms. The minimum Gasteiger partial charge on any atom is -0.497 e. The fourth-order valence-corrected chi connectivity index (χ4v) is 2.38. The number of ether oxygens (including phenoxy) is 1. The zero-order chi connectivity index (χ0) is 13.7. The van der Waals surface area contributed by atoms with Crippen LogP contribution < -0.4 is 15.8 Å². The lowest BCUT2D eigenvalue weighted by atomic mass is 10.0. The molecule has 1 atom stereocenters. The van der Waals surface area contributed by atoms with Crippen molar-refractivity contribution in [3.05, 3.63) is 24.3 Å². The Morgan fingerprint density at radius 2 is 2.16 bits per heavy atom. The second-order valence-electron chi connectivity index (χ2n) is 4.74. The van der Waals surface area contributed by atoms with Crippen LogP contribution in [0.1, 0.15) is 19.3 Å². The van der Waals surface area contributed by atoms with E-state index in [0.29, 0.717) is 6.54 Å². The van der Waals surface area contributed by atoms with Gasteiger partial charge in [0.05, 0.1) is 7.11 Å². The van der Waals surface area contributed by atoms with E-state index in [1.807, 2.05) is 29.2 Å². The third-order valence-electron chi connectivity index (χ3n) is 3.50. The molecule has 19 heavy (non-hydrogen) atoms. The number of hydrogen-bond acceptors (Lipinski definition) is 3. The highest BCUT2D eigenvalue weighted by molar-refractivity contribution is 5.89. The molecule has 5 nitrogen and oxygen atoms in total. The first-order valence-electron chi connectivity index (χ1n) is 6.66. The van der Waals surface area contributed by atoms with Crippen molar-refractivity contribution in [3.8, 4) is 5.75 Å². The third kappa shape index (κ3) is 3.38. The molecule has 1 unspecified atom stereocenters. The lowest BCUT2D eigenvalue weighted by Gasteiger charge is -2.34. The van der Waals surface area contributed by atoms with Gasteiger partial charge in [-0.3, -0.25) is 0 Å². The number of nitrogens with zero attached hydrogens (tertiary/aromatic N) is 1. The molecule has 0 radical (unpaired) electrons. The van der Waals surface area contributed by atoms with Crippen molar-refractivity contribution < 1.29 is 9.53 Å². The second kappa shape index (κ2) is 6.43. The summed E-state index contributed by atoms with van der Waals surface area (Å²) in [6.45, 7) is 1.31. The number of anilines is 1. The SMILES string of the molecule is COc1ccc(NC(=O)N2CCCCC2CN)cc1. The van der Waals surface area contributed by atoms with Crippen LogP contribution in [0.2, 0.25) is 0 Å². The maximum absolute atomic E-state index is 12.2. The number of methoxy groups -OCH3 is 1. The fraction of sp³-hybridized carbons (Fsp3) is 0.500. The molecule has 104 valence electrons. The average molecular weight is 263 g/mol. The summed E-state index contributed by atoms with van der Waals surface area (Å²) in [5.41, 5.74) is 6.50. The predicted molar refractivity (Wildman–Crippen MR) is 75.4 cm³/mol.